The Morgan fingerprint density at radius 1 is 1.06 bits per heavy atom. The molecule has 0 spiro atoms. The lowest BCUT2D eigenvalue weighted by Crippen LogP contribution is -2.31. The normalized spacial score (nSPS) is 21.5. The minimum absolute atomic E-state index is 0.00134. The lowest BCUT2D eigenvalue weighted by molar-refractivity contribution is -0.123. The molecule has 1 heterocycles. The predicted molar refractivity (Wildman–Crippen MR) is 121 cm³/mol. The average Bonchev–Trinajstić information content (AvgIpc) is 3.08. The molecular weight excluding hydrogens is 424 g/mol. The summed E-state index contributed by atoms with van der Waals surface area (Å²) in [5.74, 6) is -1.84. The summed E-state index contributed by atoms with van der Waals surface area (Å²) in [6.45, 7) is 1.46. The lowest BCUT2D eigenvalue weighted by Gasteiger charge is -2.22. The third-order valence-electron chi connectivity index (χ3n) is 5.95. The molecule has 1 aliphatic carbocycles. The number of carbonyl (C=O) groups is 4. The molecule has 2 aliphatic rings. The van der Waals surface area contributed by atoms with Gasteiger partial charge in [0.2, 0.25) is 11.8 Å². The largest absolute Gasteiger partial charge is 0.495 e. The molecule has 0 saturated carbocycles. The minimum atomic E-state index is -0.692. The van der Waals surface area contributed by atoms with Crippen LogP contribution in [-0.2, 0) is 19.1 Å². The van der Waals surface area contributed by atoms with Gasteiger partial charge in [-0.15, -0.1) is 0 Å². The van der Waals surface area contributed by atoms with Crippen LogP contribution in [0.1, 0.15) is 23.7 Å². The Kier molecular flexibility index (Phi) is 6.26. The number of methoxy groups -OCH3 is 1. The number of esters is 1. The molecule has 3 amide bonds. The highest BCUT2D eigenvalue weighted by molar-refractivity contribution is 6.22. The highest BCUT2D eigenvalue weighted by Gasteiger charge is 2.50. The van der Waals surface area contributed by atoms with E-state index in [-0.39, 0.29) is 35.1 Å². The number of allylic oxidation sites excluding steroid dienone is 2. The van der Waals surface area contributed by atoms with Crippen LogP contribution in [0.25, 0.3) is 0 Å². The zero-order valence-electron chi connectivity index (χ0n) is 18.3. The molecule has 170 valence electrons. The van der Waals surface area contributed by atoms with Crippen molar-refractivity contribution < 1.29 is 28.7 Å². The molecule has 8 heteroatoms. The van der Waals surface area contributed by atoms with Gasteiger partial charge in [0, 0.05) is 0 Å². The average molecular weight is 448 g/mol. The molecule has 0 aromatic heterocycles. The quantitative estimate of drug-likeness (QED) is 0.414. The van der Waals surface area contributed by atoms with E-state index in [9.17, 15) is 19.2 Å². The number of carbonyl (C=O) groups excluding carboxylic acids is 4. The first-order chi connectivity index (χ1) is 15.9. The Hall–Kier alpha value is -3.94. The summed E-state index contributed by atoms with van der Waals surface area (Å²) in [5, 5.41) is 2.62. The first kappa shape index (κ1) is 22.3. The second kappa shape index (κ2) is 9.28. The number of nitrogens with one attached hydrogen (secondary N) is 1. The number of anilines is 2. The molecule has 2 aromatic carbocycles. The van der Waals surface area contributed by atoms with Gasteiger partial charge >= 0.3 is 5.97 Å². The van der Waals surface area contributed by atoms with Crippen molar-refractivity contribution in [1.29, 1.82) is 0 Å². The van der Waals surface area contributed by atoms with Crippen molar-refractivity contribution in [3.05, 3.63) is 66.2 Å². The van der Waals surface area contributed by atoms with Crippen molar-refractivity contribution in [3.63, 3.8) is 0 Å². The van der Waals surface area contributed by atoms with E-state index in [4.69, 9.17) is 9.47 Å². The zero-order valence-corrected chi connectivity index (χ0v) is 18.3. The van der Waals surface area contributed by atoms with Crippen LogP contribution >= 0.6 is 0 Å². The van der Waals surface area contributed by atoms with Gasteiger partial charge in [0.25, 0.3) is 5.91 Å². The lowest BCUT2D eigenvalue weighted by atomic mass is 9.78. The fourth-order valence-corrected chi connectivity index (χ4v) is 4.30. The highest BCUT2D eigenvalue weighted by Crippen LogP contribution is 2.40. The summed E-state index contributed by atoms with van der Waals surface area (Å²) in [7, 11) is 1.49. The molecule has 1 aliphatic heterocycles. The number of para-hydroxylation sites is 2. The van der Waals surface area contributed by atoms with Crippen LogP contribution in [0.4, 0.5) is 11.4 Å². The number of ether oxygens (including phenoxy) is 2. The third-order valence-corrected chi connectivity index (χ3v) is 5.95. The number of hydrogen-bond acceptors (Lipinski definition) is 6. The summed E-state index contributed by atoms with van der Waals surface area (Å²) in [5.41, 5.74) is 1.09. The van der Waals surface area contributed by atoms with E-state index in [1.807, 2.05) is 19.1 Å². The van der Waals surface area contributed by atoms with E-state index in [2.05, 4.69) is 5.32 Å². The second-order valence-corrected chi connectivity index (χ2v) is 8.04. The standard InChI is InChI=1S/C25H24N2O6/c1-15-6-5-7-18-22(15)24(30)27(23(18)29)17-12-10-16(11-13-17)25(31)33-14-21(28)26-19-8-3-4-9-20(19)32-2/h3-6,8-13,15,18,22H,7,14H2,1-2H3,(H,26,28)/t15-,18-,22-/m1/s1. The summed E-state index contributed by atoms with van der Waals surface area (Å²) >= 11 is 0. The smallest absolute Gasteiger partial charge is 0.338 e. The van der Waals surface area contributed by atoms with Crippen LogP contribution < -0.4 is 15.0 Å². The molecule has 1 fully saturated rings. The third kappa shape index (κ3) is 4.37. The first-order valence-electron chi connectivity index (χ1n) is 10.6. The number of amides is 3. The van der Waals surface area contributed by atoms with Gasteiger partial charge in [-0.05, 0) is 48.7 Å². The summed E-state index contributed by atoms with van der Waals surface area (Å²) in [6.07, 6.45) is 4.47. The number of fused-ring (bicyclic) bond motifs is 1. The van der Waals surface area contributed by atoms with Crippen molar-refractivity contribution in [2.75, 3.05) is 23.9 Å². The van der Waals surface area contributed by atoms with Crippen molar-refractivity contribution in [2.24, 2.45) is 17.8 Å². The number of benzene rings is 2. The Balaban J connectivity index is 1.37. The van der Waals surface area contributed by atoms with Gasteiger partial charge < -0.3 is 14.8 Å². The van der Waals surface area contributed by atoms with Crippen LogP contribution in [0.15, 0.2) is 60.7 Å². The van der Waals surface area contributed by atoms with E-state index in [1.54, 1.807) is 24.3 Å². The maximum absolute atomic E-state index is 12.9. The molecule has 2 aromatic rings. The fourth-order valence-electron chi connectivity index (χ4n) is 4.30. The number of nitrogens with zero attached hydrogens (tertiary/aromatic N) is 1. The molecule has 0 unspecified atom stereocenters. The van der Waals surface area contributed by atoms with Gasteiger partial charge in [0.15, 0.2) is 6.61 Å². The molecule has 3 atom stereocenters. The van der Waals surface area contributed by atoms with Crippen LogP contribution in [0, 0.1) is 17.8 Å². The van der Waals surface area contributed by atoms with Gasteiger partial charge in [-0.25, -0.2) is 4.79 Å². The monoisotopic (exact) mass is 448 g/mol. The Morgan fingerprint density at radius 3 is 2.48 bits per heavy atom. The fraction of sp³-hybridized carbons (Fsp3) is 0.280. The topological polar surface area (TPSA) is 102 Å². The van der Waals surface area contributed by atoms with Crippen molar-refractivity contribution >= 4 is 35.1 Å². The van der Waals surface area contributed by atoms with Gasteiger partial charge in [0.05, 0.1) is 35.9 Å². The SMILES string of the molecule is COc1ccccc1NC(=O)COC(=O)c1ccc(N2C(=O)[C@@H]3[C@H](C)C=CC[C@H]3C2=O)cc1. The number of hydrogen-bond donors (Lipinski definition) is 1. The molecule has 1 saturated heterocycles. The Morgan fingerprint density at radius 2 is 1.79 bits per heavy atom. The first-order valence-corrected chi connectivity index (χ1v) is 10.6. The summed E-state index contributed by atoms with van der Waals surface area (Å²) < 4.78 is 10.3. The highest BCUT2D eigenvalue weighted by atomic mass is 16.5. The maximum atomic E-state index is 12.9. The molecular formula is C25H24N2O6. The Labute approximate surface area is 191 Å². The summed E-state index contributed by atoms with van der Waals surface area (Å²) in [4.78, 5) is 51.4. The van der Waals surface area contributed by atoms with Crippen molar-refractivity contribution in [2.45, 2.75) is 13.3 Å². The molecule has 4 rings (SSSR count). The minimum Gasteiger partial charge on any atom is -0.495 e. The van der Waals surface area contributed by atoms with Crippen LogP contribution in [0.3, 0.4) is 0 Å². The van der Waals surface area contributed by atoms with Crippen molar-refractivity contribution in [3.8, 4) is 5.75 Å². The molecule has 33 heavy (non-hydrogen) atoms. The zero-order chi connectivity index (χ0) is 23.5. The van der Waals surface area contributed by atoms with Crippen LogP contribution in [0.5, 0.6) is 5.75 Å². The number of rotatable bonds is 6. The molecule has 1 N–H and O–H groups in total. The predicted octanol–water partition coefficient (Wildman–Crippen LogP) is 3.19. The second-order valence-electron chi connectivity index (χ2n) is 8.04. The van der Waals surface area contributed by atoms with Gasteiger partial charge in [-0.2, -0.15) is 0 Å². The van der Waals surface area contributed by atoms with E-state index in [0.717, 1.165) is 0 Å². The van der Waals surface area contributed by atoms with E-state index >= 15 is 0 Å². The van der Waals surface area contributed by atoms with Crippen LogP contribution in [0.2, 0.25) is 0 Å². The molecule has 0 bridgehead atoms. The maximum Gasteiger partial charge on any atom is 0.338 e. The Bertz CT molecular complexity index is 1120. The van der Waals surface area contributed by atoms with E-state index in [1.165, 1.54) is 36.3 Å². The molecule has 0 radical (unpaired) electrons. The van der Waals surface area contributed by atoms with E-state index in [0.29, 0.717) is 23.5 Å². The van der Waals surface area contributed by atoms with Crippen LogP contribution in [-0.4, -0.2) is 37.4 Å². The van der Waals surface area contributed by atoms with Gasteiger partial charge in [0.1, 0.15) is 5.75 Å². The summed E-state index contributed by atoms with van der Waals surface area (Å²) in [6, 6.07) is 12.9. The van der Waals surface area contributed by atoms with Gasteiger partial charge in [-0.3, -0.25) is 19.3 Å². The van der Waals surface area contributed by atoms with Crippen molar-refractivity contribution in [1.82, 2.24) is 0 Å². The number of imide groups is 1. The molecule has 8 nitrogen and oxygen atoms in total. The van der Waals surface area contributed by atoms with Gasteiger partial charge in [-0.1, -0.05) is 31.2 Å². The van der Waals surface area contributed by atoms with E-state index < -0.39 is 18.5 Å².